The van der Waals surface area contributed by atoms with Crippen LogP contribution in [0, 0.1) is 12.8 Å². The van der Waals surface area contributed by atoms with Crippen LogP contribution < -0.4 is 10.2 Å². The molecule has 1 aliphatic heterocycles. The van der Waals surface area contributed by atoms with E-state index in [4.69, 9.17) is 11.6 Å². The number of amides is 1. The highest BCUT2D eigenvalue weighted by molar-refractivity contribution is 6.31. The maximum absolute atomic E-state index is 12.5. The van der Waals surface area contributed by atoms with Gasteiger partial charge in [-0.3, -0.25) is 4.79 Å². The molecular formula is C17H19ClN4O. The Morgan fingerprint density at radius 3 is 2.87 bits per heavy atom. The lowest BCUT2D eigenvalue weighted by atomic mass is 9.97. The molecule has 0 saturated carbocycles. The number of nitrogens with one attached hydrogen (secondary N) is 1. The number of hydrogen-bond acceptors (Lipinski definition) is 4. The van der Waals surface area contributed by atoms with E-state index in [2.05, 4.69) is 20.2 Å². The van der Waals surface area contributed by atoms with Gasteiger partial charge in [0.2, 0.25) is 11.9 Å². The zero-order valence-electron chi connectivity index (χ0n) is 13.0. The molecule has 1 saturated heterocycles. The van der Waals surface area contributed by atoms with E-state index >= 15 is 0 Å². The largest absolute Gasteiger partial charge is 0.340 e. The van der Waals surface area contributed by atoms with Crippen LogP contribution in [0.4, 0.5) is 11.6 Å². The summed E-state index contributed by atoms with van der Waals surface area (Å²) >= 11 is 6.11. The predicted octanol–water partition coefficient (Wildman–Crippen LogP) is 3.29. The fourth-order valence-corrected chi connectivity index (χ4v) is 2.92. The number of piperidine rings is 1. The summed E-state index contributed by atoms with van der Waals surface area (Å²) < 4.78 is 0. The van der Waals surface area contributed by atoms with Crippen LogP contribution in [-0.4, -0.2) is 29.0 Å². The molecule has 23 heavy (non-hydrogen) atoms. The summed E-state index contributed by atoms with van der Waals surface area (Å²) in [7, 11) is 0. The molecule has 0 spiro atoms. The Labute approximate surface area is 140 Å². The van der Waals surface area contributed by atoms with Crippen molar-refractivity contribution in [1.29, 1.82) is 0 Å². The number of halogens is 1. The van der Waals surface area contributed by atoms with Gasteiger partial charge in [-0.2, -0.15) is 0 Å². The Balaban J connectivity index is 1.66. The average Bonchev–Trinajstić information content (AvgIpc) is 2.59. The van der Waals surface area contributed by atoms with Crippen LogP contribution in [0.1, 0.15) is 18.4 Å². The Morgan fingerprint density at radius 1 is 1.35 bits per heavy atom. The Kier molecular flexibility index (Phi) is 4.76. The van der Waals surface area contributed by atoms with Crippen molar-refractivity contribution in [3.05, 3.63) is 47.2 Å². The van der Waals surface area contributed by atoms with Crippen molar-refractivity contribution in [2.24, 2.45) is 5.92 Å². The highest BCUT2D eigenvalue weighted by Crippen LogP contribution is 2.23. The predicted molar refractivity (Wildman–Crippen MR) is 91.8 cm³/mol. The number of nitrogens with zero attached hydrogens (tertiary/aromatic N) is 3. The normalized spacial score (nSPS) is 17.8. The van der Waals surface area contributed by atoms with Crippen molar-refractivity contribution in [2.75, 3.05) is 23.3 Å². The van der Waals surface area contributed by atoms with Crippen LogP contribution >= 0.6 is 11.6 Å². The lowest BCUT2D eigenvalue weighted by Gasteiger charge is -2.31. The summed E-state index contributed by atoms with van der Waals surface area (Å²) in [5.74, 6) is 0.626. The van der Waals surface area contributed by atoms with Crippen molar-refractivity contribution >= 4 is 29.1 Å². The molecule has 2 aromatic rings. The molecule has 120 valence electrons. The van der Waals surface area contributed by atoms with Gasteiger partial charge in [-0.05, 0) is 43.5 Å². The van der Waals surface area contributed by atoms with Crippen LogP contribution in [0.25, 0.3) is 0 Å². The molecule has 1 aliphatic rings. The number of carbonyl (C=O) groups excluding carboxylic acids is 1. The van der Waals surface area contributed by atoms with Gasteiger partial charge in [0.1, 0.15) is 0 Å². The van der Waals surface area contributed by atoms with E-state index in [1.807, 2.05) is 19.1 Å². The first-order valence-electron chi connectivity index (χ1n) is 7.72. The van der Waals surface area contributed by atoms with Gasteiger partial charge in [0.05, 0.1) is 5.92 Å². The number of benzene rings is 1. The van der Waals surface area contributed by atoms with Crippen LogP contribution in [0.5, 0.6) is 0 Å². The molecule has 1 fully saturated rings. The molecule has 5 nitrogen and oxygen atoms in total. The second-order valence-electron chi connectivity index (χ2n) is 5.79. The van der Waals surface area contributed by atoms with E-state index in [1.54, 1.807) is 24.5 Å². The molecule has 0 bridgehead atoms. The van der Waals surface area contributed by atoms with Crippen molar-refractivity contribution < 1.29 is 4.79 Å². The zero-order chi connectivity index (χ0) is 16.2. The maximum Gasteiger partial charge on any atom is 0.229 e. The fraction of sp³-hybridized carbons (Fsp3) is 0.353. The number of carbonyl (C=O) groups is 1. The minimum Gasteiger partial charge on any atom is -0.340 e. The lowest BCUT2D eigenvalue weighted by molar-refractivity contribution is -0.120. The minimum absolute atomic E-state index is 0.0190. The van der Waals surface area contributed by atoms with Gasteiger partial charge >= 0.3 is 0 Å². The van der Waals surface area contributed by atoms with Gasteiger partial charge in [-0.25, -0.2) is 9.97 Å². The van der Waals surface area contributed by atoms with Gasteiger partial charge in [0.25, 0.3) is 0 Å². The SMILES string of the molecule is Cc1ccc(NC(=O)[C@@H]2CCCN(c3ncccn3)C2)cc1Cl. The summed E-state index contributed by atoms with van der Waals surface area (Å²) in [5.41, 5.74) is 1.73. The van der Waals surface area contributed by atoms with Crippen LogP contribution in [-0.2, 0) is 4.79 Å². The molecule has 3 rings (SSSR count). The van der Waals surface area contributed by atoms with Gasteiger partial charge < -0.3 is 10.2 Å². The summed E-state index contributed by atoms with van der Waals surface area (Å²) in [6.07, 6.45) is 5.26. The highest BCUT2D eigenvalue weighted by Gasteiger charge is 2.27. The van der Waals surface area contributed by atoms with Crippen molar-refractivity contribution in [3.63, 3.8) is 0 Å². The van der Waals surface area contributed by atoms with Crippen molar-refractivity contribution in [1.82, 2.24) is 9.97 Å². The van der Waals surface area contributed by atoms with Crippen molar-refractivity contribution in [3.8, 4) is 0 Å². The second kappa shape index (κ2) is 6.96. The van der Waals surface area contributed by atoms with Gasteiger partial charge in [0.15, 0.2) is 0 Å². The maximum atomic E-state index is 12.5. The molecule has 2 heterocycles. The molecule has 6 heteroatoms. The molecule has 1 amide bonds. The average molecular weight is 331 g/mol. The highest BCUT2D eigenvalue weighted by atomic mass is 35.5. The summed E-state index contributed by atoms with van der Waals surface area (Å²) in [6.45, 7) is 3.45. The number of hydrogen-bond donors (Lipinski definition) is 1. The smallest absolute Gasteiger partial charge is 0.229 e. The Morgan fingerprint density at radius 2 is 2.13 bits per heavy atom. The fourth-order valence-electron chi connectivity index (χ4n) is 2.74. The minimum atomic E-state index is -0.0763. The van der Waals surface area contributed by atoms with Crippen LogP contribution in [0.15, 0.2) is 36.7 Å². The number of rotatable bonds is 3. The quantitative estimate of drug-likeness (QED) is 0.938. The molecule has 0 radical (unpaired) electrons. The van der Waals surface area contributed by atoms with Gasteiger partial charge in [-0.1, -0.05) is 17.7 Å². The molecule has 1 aromatic carbocycles. The summed E-state index contributed by atoms with van der Waals surface area (Å²) in [4.78, 5) is 23.1. The first-order valence-corrected chi connectivity index (χ1v) is 8.10. The van der Waals surface area contributed by atoms with E-state index in [0.29, 0.717) is 17.5 Å². The van der Waals surface area contributed by atoms with Crippen molar-refractivity contribution in [2.45, 2.75) is 19.8 Å². The Hall–Kier alpha value is -2.14. The third kappa shape index (κ3) is 3.79. The van der Waals surface area contributed by atoms with E-state index in [0.717, 1.165) is 30.6 Å². The molecular weight excluding hydrogens is 312 g/mol. The van der Waals surface area contributed by atoms with Gasteiger partial charge in [0, 0.05) is 36.2 Å². The lowest BCUT2D eigenvalue weighted by Crippen LogP contribution is -2.41. The molecule has 1 aromatic heterocycles. The number of aryl methyl sites for hydroxylation is 1. The molecule has 1 N–H and O–H groups in total. The first-order chi connectivity index (χ1) is 11.1. The first kappa shape index (κ1) is 15.7. The second-order valence-corrected chi connectivity index (χ2v) is 6.19. The number of aromatic nitrogens is 2. The molecule has 0 aliphatic carbocycles. The third-order valence-electron chi connectivity index (χ3n) is 4.07. The third-order valence-corrected chi connectivity index (χ3v) is 4.47. The van der Waals surface area contributed by atoms with E-state index in [-0.39, 0.29) is 11.8 Å². The summed E-state index contributed by atoms with van der Waals surface area (Å²) in [6, 6.07) is 7.36. The topological polar surface area (TPSA) is 58.1 Å². The summed E-state index contributed by atoms with van der Waals surface area (Å²) in [5, 5.41) is 3.62. The monoisotopic (exact) mass is 330 g/mol. The number of anilines is 2. The Bertz CT molecular complexity index is 692. The van der Waals surface area contributed by atoms with E-state index < -0.39 is 0 Å². The van der Waals surface area contributed by atoms with Crippen LogP contribution in [0.2, 0.25) is 5.02 Å². The van der Waals surface area contributed by atoms with E-state index in [9.17, 15) is 4.79 Å². The van der Waals surface area contributed by atoms with E-state index in [1.165, 1.54) is 0 Å². The zero-order valence-corrected chi connectivity index (χ0v) is 13.8. The molecule has 1 atom stereocenters. The van der Waals surface area contributed by atoms with Gasteiger partial charge in [-0.15, -0.1) is 0 Å². The molecule has 0 unspecified atom stereocenters. The van der Waals surface area contributed by atoms with Crippen LogP contribution in [0.3, 0.4) is 0 Å². The standard InChI is InChI=1S/C17H19ClN4O/c1-12-5-6-14(10-15(12)18)21-16(23)13-4-2-9-22(11-13)17-19-7-3-8-20-17/h3,5-8,10,13H,2,4,9,11H2,1H3,(H,21,23)/t13-/m1/s1.